The van der Waals surface area contributed by atoms with Gasteiger partial charge in [-0.3, -0.25) is 4.79 Å². The molecule has 0 atom stereocenters. The zero-order valence-corrected chi connectivity index (χ0v) is 13.8. The molecule has 1 amide bonds. The monoisotopic (exact) mass is 337 g/mol. The molecule has 6 nitrogen and oxygen atoms in total. The van der Waals surface area contributed by atoms with Gasteiger partial charge in [-0.15, -0.1) is 0 Å². The Bertz CT molecular complexity index is 836. The van der Waals surface area contributed by atoms with Crippen LogP contribution in [-0.4, -0.2) is 22.6 Å². The Kier molecular flexibility index (Phi) is 4.09. The van der Waals surface area contributed by atoms with Crippen LogP contribution in [0, 0.1) is 0 Å². The molecule has 25 heavy (non-hydrogen) atoms. The maximum Gasteiger partial charge on any atom is 0.238 e. The lowest BCUT2D eigenvalue weighted by Gasteiger charge is -2.16. The summed E-state index contributed by atoms with van der Waals surface area (Å²) in [4.78, 5) is 16.4. The van der Waals surface area contributed by atoms with E-state index in [1.807, 2.05) is 18.2 Å². The van der Waals surface area contributed by atoms with Crippen LogP contribution in [-0.2, 0) is 16.6 Å². The van der Waals surface area contributed by atoms with Gasteiger partial charge in [0.2, 0.25) is 17.6 Å². The van der Waals surface area contributed by atoms with Crippen LogP contribution < -0.4 is 5.32 Å². The summed E-state index contributed by atoms with van der Waals surface area (Å²) in [6, 6.07) is 13.9. The predicted octanol–water partition coefficient (Wildman–Crippen LogP) is 3.11. The zero-order valence-electron chi connectivity index (χ0n) is 13.8. The summed E-state index contributed by atoms with van der Waals surface area (Å²) in [5, 5.41) is 6.90. The molecule has 6 heteroatoms. The van der Waals surface area contributed by atoms with Crippen molar-refractivity contribution in [2.45, 2.75) is 31.1 Å². The molecule has 1 aliphatic rings. The number of aryl methyl sites for hydroxylation is 1. The lowest BCUT2D eigenvalue weighted by Crippen LogP contribution is -2.32. The number of nitrogens with one attached hydrogen (secondary N) is 1. The summed E-state index contributed by atoms with van der Waals surface area (Å²) in [6.07, 6.45) is 4.53. The van der Waals surface area contributed by atoms with E-state index in [1.54, 1.807) is 18.4 Å². The Hall–Kier alpha value is -2.89. The van der Waals surface area contributed by atoms with E-state index in [0.717, 1.165) is 12.8 Å². The molecule has 1 saturated carbocycles. The molecule has 0 unspecified atom stereocenters. The molecule has 1 aromatic carbocycles. The first-order valence-corrected chi connectivity index (χ1v) is 8.44. The molecule has 1 N–H and O–H groups in total. The smallest absolute Gasteiger partial charge is 0.238 e. The van der Waals surface area contributed by atoms with Crippen molar-refractivity contribution in [1.29, 1.82) is 0 Å². The highest BCUT2D eigenvalue weighted by Crippen LogP contribution is 2.47. The first-order chi connectivity index (χ1) is 12.3. The van der Waals surface area contributed by atoms with Crippen LogP contribution >= 0.6 is 0 Å². The molecule has 0 bridgehead atoms. The minimum absolute atomic E-state index is 0.0000419. The average molecular weight is 337 g/mol. The van der Waals surface area contributed by atoms with E-state index in [-0.39, 0.29) is 11.3 Å². The van der Waals surface area contributed by atoms with E-state index < -0.39 is 0 Å². The number of hydrogen-bond donors (Lipinski definition) is 1. The third-order valence-electron chi connectivity index (χ3n) is 4.64. The van der Waals surface area contributed by atoms with Crippen molar-refractivity contribution in [2.75, 3.05) is 6.54 Å². The number of furan rings is 1. The number of rotatable bonds is 7. The fourth-order valence-electron chi connectivity index (χ4n) is 2.95. The van der Waals surface area contributed by atoms with Crippen LogP contribution in [0.15, 0.2) is 57.7 Å². The van der Waals surface area contributed by atoms with Gasteiger partial charge >= 0.3 is 0 Å². The molecule has 0 saturated heterocycles. The van der Waals surface area contributed by atoms with Crippen molar-refractivity contribution < 1.29 is 13.7 Å². The molecule has 0 aliphatic heterocycles. The Morgan fingerprint density at radius 3 is 2.72 bits per heavy atom. The summed E-state index contributed by atoms with van der Waals surface area (Å²) in [6.45, 7) is 0.678. The highest BCUT2D eigenvalue weighted by Gasteiger charge is 2.44. The Morgan fingerprint density at radius 1 is 1.16 bits per heavy atom. The fraction of sp³-hybridized carbons (Fsp3) is 0.316. The molecule has 2 heterocycles. The Balaban J connectivity index is 1.27. The van der Waals surface area contributed by atoms with Gasteiger partial charge in [0.1, 0.15) is 0 Å². The molecule has 0 spiro atoms. The second-order valence-electron chi connectivity index (χ2n) is 6.41. The molecule has 1 fully saturated rings. The van der Waals surface area contributed by atoms with Gasteiger partial charge < -0.3 is 14.3 Å². The summed E-state index contributed by atoms with van der Waals surface area (Å²) >= 11 is 0. The molecule has 3 aromatic rings. The highest BCUT2D eigenvalue weighted by molar-refractivity contribution is 5.76. The summed E-state index contributed by atoms with van der Waals surface area (Å²) in [7, 11) is 0. The second kappa shape index (κ2) is 6.55. The van der Waals surface area contributed by atoms with Gasteiger partial charge in [-0.1, -0.05) is 35.5 Å². The number of amides is 1. The topological polar surface area (TPSA) is 81.2 Å². The van der Waals surface area contributed by atoms with E-state index >= 15 is 0 Å². The van der Waals surface area contributed by atoms with Gasteiger partial charge in [-0.25, -0.2) is 0 Å². The van der Waals surface area contributed by atoms with Crippen LogP contribution in [0.25, 0.3) is 11.6 Å². The van der Waals surface area contributed by atoms with Crippen LogP contribution in [0.2, 0.25) is 0 Å². The summed E-state index contributed by atoms with van der Waals surface area (Å²) in [5.74, 6) is 1.39. The van der Waals surface area contributed by atoms with Gasteiger partial charge in [0.25, 0.3) is 0 Å². The van der Waals surface area contributed by atoms with Crippen molar-refractivity contribution in [3.63, 3.8) is 0 Å². The van der Waals surface area contributed by atoms with Gasteiger partial charge in [0.05, 0.1) is 6.26 Å². The van der Waals surface area contributed by atoms with E-state index in [2.05, 4.69) is 27.6 Å². The minimum atomic E-state index is -0.0000419. The average Bonchev–Trinajstić information content (AvgIpc) is 3.04. The third kappa shape index (κ3) is 3.47. The first kappa shape index (κ1) is 15.6. The summed E-state index contributed by atoms with van der Waals surface area (Å²) < 4.78 is 10.4. The molecule has 128 valence electrons. The molecular formula is C19H19N3O3. The Morgan fingerprint density at radius 2 is 2.00 bits per heavy atom. The molecule has 2 aromatic heterocycles. The fourth-order valence-corrected chi connectivity index (χ4v) is 2.95. The number of benzene rings is 1. The number of aromatic nitrogens is 2. The van der Waals surface area contributed by atoms with Crippen LogP contribution in [0.5, 0.6) is 0 Å². The van der Waals surface area contributed by atoms with E-state index in [9.17, 15) is 4.79 Å². The van der Waals surface area contributed by atoms with Crippen molar-refractivity contribution in [2.24, 2.45) is 0 Å². The van der Waals surface area contributed by atoms with Crippen molar-refractivity contribution in [3.05, 3.63) is 60.2 Å². The zero-order chi connectivity index (χ0) is 17.1. The summed E-state index contributed by atoms with van der Waals surface area (Å²) in [5.41, 5.74) is 1.42. The number of carbonyl (C=O) groups excluding carboxylic acids is 1. The number of nitrogens with zero attached hydrogens (tertiary/aromatic N) is 2. The maximum atomic E-state index is 12.1. The Labute approximate surface area is 145 Å². The van der Waals surface area contributed by atoms with Crippen molar-refractivity contribution >= 4 is 5.91 Å². The number of carbonyl (C=O) groups is 1. The minimum Gasteiger partial charge on any atom is -0.461 e. The van der Waals surface area contributed by atoms with Gasteiger partial charge in [-0.2, -0.15) is 4.98 Å². The van der Waals surface area contributed by atoms with E-state index in [4.69, 9.17) is 8.94 Å². The van der Waals surface area contributed by atoms with Crippen LogP contribution in [0.3, 0.4) is 0 Å². The third-order valence-corrected chi connectivity index (χ3v) is 4.64. The van der Waals surface area contributed by atoms with Gasteiger partial charge in [-0.05, 0) is 30.5 Å². The maximum absolute atomic E-state index is 12.1. The molecule has 1 aliphatic carbocycles. The molecule has 4 rings (SSSR count). The van der Waals surface area contributed by atoms with Gasteiger partial charge in [0, 0.05) is 24.8 Å². The standard InChI is InChI=1S/C19H19N3O3/c23-16(20-13-19(10-11-19)14-5-2-1-3-6-14)8-9-17-21-18(22-25-17)15-7-4-12-24-15/h1-7,12H,8-11,13H2,(H,20,23). The lowest BCUT2D eigenvalue weighted by atomic mass is 9.96. The SMILES string of the molecule is O=C(CCc1nc(-c2ccco2)no1)NCC1(c2ccccc2)CC1. The quantitative estimate of drug-likeness (QED) is 0.716. The van der Waals surface area contributed by atoms with Crippen molar-refractivity contribution in [3.8, 4) is 11.6 Å². The predicted molar refractivity (Wildman–Crippen MR) is 90.7 cm³/mol. The largest absolute Gasteiger partial charge is 0.461 e. The second-order valence-corrected chi connectivity index (χ2v) is 6.41. The number of hydrogen-bond acceptors (Lipinski definition) is 5. The molecule has 0 radical (unpaired) electrons. The first-order valence-electron chi connectivity index (χ1n) is 8.44. The van der Waals surface area contributed by atoms with E-state index in [0.29, 0.717) is 36.9 Å². The normalized spacial score (nSPS) is 15.0. The molecular weight excluding hydrogens is 318 g/mol. The lowest BCUT2D eigenvalue weighted by molar-refractivity contribution is -0.121. The van der Waals surface area contributed by atoms with Crippen molar-refractivity contribution in [1.82, 2.24) is 15.5 Å². The van der Waals surface area contributed by atoms with Crippen LogP contribution in [0.4, 0.5) is 0 Å². The van der Waals surface area contributed by atoms with Crippen LogP contribution in [0.1, 0.15) is 30.7 Å². The van der Waals surface area contributed by atoms with Gasteiger partial charge in [0.15, 0.2) is 5.76 Å². The van der Waals surface area contributed by atoms with E-state index in [1.165, 1.54) is 5.56 Å². The highest BCUT2D eigenvalue weighted by atomic mass is 16.5.